The van der Waals surface area contributed by atoms with Crippen molar-refractivity contribution >= 4 is 21.8 Å². The number of carbonyl (C=O) groups excluding carboxylic acids is 1. The summed E-state index contributed by atoms with van der Waals surface area (Å²) in [6, 6.07) is 5.47. The molecule has 0 bridgehead atoms. The molecule has 0 heterocycles. The molecular formula is C11H14BrNO2. The van der Waals surface area contributed by atoms with Crippen molar-refractivity contribution in [2.24, 2.45) is 0 Å². The van der Waals surface area contributed by atoms with Crippen LogP contribution in [-0.4, -0.2) is 23.7 Å². The number of nitrogens with one attached hydrogen (secondary N) is 1. The molecular weight excluding hydrogens is 258 g/mol. The Morgan fingerprint density at radius 2 is 2.27 bits per heavy atom. The smallest absolute Gasteiger partial charge is 0.251 e. The van der Waals surface area contributed by atoms with Crippen LogP contribution in [0.3, 0.4) is 0 Å². The zero-order valence-corrected chi connectivity index (χ0v) is 10.3. The van der Waals surface area contributed by atoms with Gasteiger partial charge >= 0.3 is 0 Å². The summed E-state index contributed by atoms with van der Waals surface area (Å²) in [7, 11) is 0. The minimum Gasteiger partial charge on any atom is -0.392 e. The molecule has 0 aliphatic rings. The van der Waals surface area contributed by atoms with E-state index in [0.717, 1.165) is 10.0 Å². The third-order valence-electron chi connectivity index (χ3n) is 1.99. The minimum atomic E-state index is -0.523. The van der Waals surface area contributed by atoms with Gasteiger partial charge in [-0.1, -0.05) is 15.9 Å². The molecule has 0 unspecified atom stereocenters. The first-order chi connectivity index (χ1) is 7.00. The van der Waals surface area contributed by atoms with Crippen LogP contribution in [0.15, 0.2) is 22.7 Å². The van der Waals surface area contributed by atoms with Crippen molar-refractivity contribution in [2.75, 3.05) is 6.54 Å². The van der Waals surface area contributed by atoms with E-state index in [4.69, 9.17) is 5.11 Å². The Kier molecular flexibility index (Phi) is 4.29. The predicted molar refractivity (Wildman–Crippen MR) is 62.9 cm³/mol. The van der Waals surface area contributed by atoms with E-state index < -0.39 is 6.10 Å². The van der Waals surface area contributed by atoms with E-state index in [2.05, 4.69) is 21.2 Å². The highest BCUT2D eigenvalue weighted by Gasteiger charge is 2.09. The maximum absolute atomic E-state index is 11.6. The molecule has 0 aliphatic carbocycles. The van der Waals surface area contributed by atoms with Gasteiger partial charge in [0.1, 0.15) is 0 Å². The molecule has 1 aromatic carbocycles. The molecule has 0 saturated carbocycles. The molecule has 15 heavy (non-hydrogen) atoms. The van der Waals surface area contributed by atoms with Gasteiger partial charge in [0.15, 0.2) is 0 Å². The number of carbonyl (C=O) groups is 1. The molecule has 1 amide bonds. The summed E-state index contributed by atoms with van der Waals surface area (Å²) in [5.41, 5.74) is 1.55. The fourth-order valence-electron chi connectivity index (χ4n) is 1.22. The van der Waals surface area contributed by atoms with Crippen molar-refractivity contribution in [3.05, 3.63) is 33.8 Å². The van der Waals surface area contributed by atoms with Gasteiger partial charge in [-0.3, -0.25) is 4.79 Å². The van der Waals surface area contributed by atoms with Crippen LogP contribution in [0.2, 0.25) is 0 Å². The quantitative estimate of drug-likeness (QED) is 0.882. The maximum atomic E-state index is 11.6. The van der Waals surface area contributed by atoms with Crippen molar-refractivity contribution < 1.29 is 9.90 Å². The van der Waals surface area contributed by atoms with Crippen molar-refractivity contribution in [1.29, 1.82) is 0 Å². The van der Waals surface area contributed by atoms with Gasteiger partial charge in [-0.15, -0.1) is 0 Å². The number of rotatable bonds is 3. The average molecular weight is 272 g/mol. The van der Waals surface area contributed by atoms with Crippen molar-refractivity contribution in [3.63, 3.8) is 0 Å². The topological polar surface area (TPSA) is 49.3 Å². The highest BCUT2D eigenvalue weighted by Crippen LogP contribution is 2.15. The van der Waals surface area contributed by atoms with Gasteiger partial charge in [0.2, 0.25) is 0 Å². The van der Waals surface area contributed by atoms with Crippen LogP contribution in [-0.2, 0) is 0 Å². The minimum absolute atomic E-state index is 0.152. The molecule has 1 rings (SSSR count). The Bertz CT molecular complexity index is 364. The summed E-state index contributed by atoms with van der Waals surface area (Å²) in [5, 5.41) is 11.7. The molecule has 1 aromatic rings. The zero-order valence-electron chi connectivity index (χ0n) is 8.75. The molecule has 0 radical (unpaired) electrons. The molecule has 2 N–H and O–H groups in total. The molecule has 0 saturated heterocycles. The maximum Gasteiger partial charge on any atom is 0.251 e. The van der Waals surface area contributed by atoms with E-state index in [9.17, 15) is 4.79 Å². The second-order valence-corrected chi connectivity index (χ2v) is 4.43. The first-order valence-electron chi connectivity index (χ1n) is 4.73. The number of hydrogen-bond donors (Lipinski definition) is 2. The number of benzene rings is 1. The Morgan fingerprint density at radius 3 is 2.80 bits per heavy atom. The fourth-order valence-corrected chi connectivity index (χ4v) is 1.69. The Balaban J connectivity index is 2.74. The van der Waals surface area contributed by atoms with E-state index in [0.29, 0.717) is 5.56 Å². The first-order valence-corrected chi connectivity index (χ1v) is 5.52. The normalized spacial score (nSPS) is 12.3. The van der Waals surface area contributed by atoms with Gasteiger partial charge in [0.05, 0.1) is 6.10 Å². The standard InChI is InChI=1S/C11H14BrNO2/c1-7-5-9(12)3-4-10(7)11(15)13-6-8(2)14/h3-5,8,14H,6H2,1-2H3,(H,13,15)/t8-/m0/s1. The van der Waals surface area contributed by atoms with Crippen LogP contribution in [0.1, 0.15) is 22.8 Å². The van der Waals surface area contributed by atoms with E-state index in [-0.39, 0.29) is 12.5 Å². The van der Waals surface area contributed by atoms with Gasteiger partial charge in [-0.25, -0.2) is 0 Å². The Labute approximate surface area is 97.6 Å². The molecule has 3 nitrogen and oxygen atoms in total. The van der Waals surface area contributed by atoms with Crippen LogP contribution >= 0.6 is 15.9 Å². The summed E-state index contributed by atoms with van der Waals surface area (Å²) >= 11 is 3.34. The lowest BCUT2D eigenvalue weighted by atomic mass is 10.1. The summed E-state index contributed by atoms with van der Waals surface area (Å²) < 4.78 is 0.951. The predicted octanol–water partition coefficient (Wildman–Crippen LogP) is 1.87. The van der Waals surface area contributed by atoms with E-state index in [1.165, 1.54) is 0 Å². The second kappa shape index (κ2) is 5.28. The molecule has 1 atom stereocenters. The van der Waals surface area contributed by atoms with E-state index >= 15 is 0 Å². The highest BCUT2D eigenvalue weighted by molar-refractivity contribution is 9.10. The van der Waals surface area contributed by atoms with Crippen molar-refractivity contribution in [3.8, 4) is 0 Å². The zero-order chi connectivity index (χ0) is 11.4. The third-order valence-corrected chi connectivity index (χ3v) is 2.48. The highest BCUT2D eigenvalue weighted by atomic mass is 79.9. The summed E-state index contributed by atoms with van der Waals surface area (Å²) in [6.45, 7) is 3.78. The molecule has 0 fully saturated rings. The number of hydrogen-bond acceptors (Lipinski definition) is 2. The van der Waals surface area contributed by atoms with Crippen LogP contribution in [0.25, 0.3) is 0 Å². The Hall–Kier alpha value is -0.870. The first kappa shape index (κ1) is 12.2. The number of aliphatic hydroxyl groups excluding tert-OH is 1. The molecule has 0 spiro atoms. The van der Waals surface area contributed by atoms with Crippen LogP contribution in [0, 0.1) is 6.92 Å². The number of aryl methyl sites for hydroxylation is 1. The second-order valence-electron chi connectivity index (χ2n) is 3.52. The number of halogens is 1. The lowest BCUT2D eigenvalue weighted by Crippen LogP contribution is -2.30. The van der Waals surface area contributed by atoms with Crippen LogP contribution < -0.4 is 5.32 Å². The summed E-state index contributed by atoms with van der Waals surface area (Å²) in [6.07, 6.45) is -0.523. The van der Waals surface area contributed by atoms with Gasteiger partial charge in [-0.2, -0.15) is 0 Å². The molecule has 4 heteroatoms. The molecule has 0 aliphatic heterocycles. The fraction of sp³-hybridized carbons (Fsp3) is 0.364. The Morgan fingerprint density at radius 1 is 1.60 bits per heavy atom. The molecule has 82 valence electrons. The number of amides is 1. The van der Waals surface area contributed by atoms with Gasteiger partial charge in [0, 0.05) is 16.6 Å². The SMILES string of the molecule is Cc1cc(Br)ccc1C(=O)NC[C@H](C)O. The lowest BCUT2D eigenvalue weighted by Gasteiger charge is -2.09. The van der Waals surface area contributed by atoms with Gasteiger partial charge in [0.25, 0.3) is 5.91 Å². The monoisotopic (exact) mass is 271 g/mol. The molecule has 0 aromatic heterocycles. The number of aliphatic hydroxyl groups is 1. The van der Waals surface area contributed by atoms with Crippen LogP contribution in [0.5, 0.6) is 0 Å². The van der Waals surface area contributed by atoms with Crippen molar-refractivity contribution in [1.82, 2.24) is 5.32 Å². The van der Waals surface area contributed by atoms with E-state index in [1.54, 1.807) is 13.0 Å². The third kappa shape index (κ3) is 3.64. The van der Waals surface area contributed by atoms with Gasteiger partial charge < -0.3 is 10.4 Å². The average Bonchev–Trinajstić information content (AvgIpc) is 2.14. The summed E-state index contributed by atoms with van der Waals surface area (Å²) in [4.78, 5) is 11.6. The summed E-state index contributed by atoms with van der Waals surface area (Å²) in [5.74, 6) is -0.152. The van der Waals surface area contributed by atoms with Crippen LogP contribution in [0.4, 0.5) is 0 Å². The lowest BCUT2D eigenvalue weighted by molar-refractivity contribution is 0.0923. The largest absolute Gasteiger partial charge is 0.392 e. The van der Waals surface area contributed by atoms with Gasteiger partial charge in [-0.05, 0) is 37.6 Å². The van der Waals surface area contributed by atoms with Crippen molar-refractivity contribution in [2.45, 2.75) is 20.0 Å². The van der Waals surface area contributed by atoms with E-state index in [1.807, 2.05) is 19.1 Å².